The van der Waals surface area contributed by atoms with Crippen LogP contribution in [0.15, 0.2) is 53.4 Å². The van der Waals surface area contributed by atoms with E-state index in [0.717, 1.165) is 21.2 Å². The highest BCUT2D eigenvalue weighted by Crippen LogP contribution is 2.20. The molecule has 2 aromatic rings. The maximum absolute atomic E-state index is 12.8. The lowest BCUT2D eigenvalue weighted by Crippen LogP contribution is -2.26. The van der Waals surface area contributed by atoms with Crippen LogP contribution in [0.5, 0.6) is 5.75 Å². The predicted molar refractivity (Wildman–Crippen MR) is 98.7 cm³/mol. The van der Waals surface area contributed by atoms with Gasteiger partial charge in [0.25, 0.3) is 10.0 Å². The van der Waals surface area contributed by atoms with Crippen LogP contribution in [-0.2, 0) is 16.6 Å². The van der Waals surface area contributed by atoms with Crippen LogP contribution in [-0.4, -0.2) is 19.8 Å². The highest BCUT2D eigenvalue weighted by molar-refractivity contribution is 14.1. The van der Waals surface area contributed by atoms with Gasteiger partial charge in [0.2, 0.25) is 0 Å². The quantitative estimate of drug-likeness (QED) is 0.405. The largest absolute Gasteiger partial charge is 0.497 e. The van der Waals surface area contributed by atoms with Gasteiger partial charge in [0, 0.05) is 28.6 Å². The Kier molecular flexibility index (Phi) is 5.91. The van der Waals surface area contributed by atoms with Gasteiger partial charge in [0.15, 0.2) is 0 Å². The number of ether oxygens (including phenoxy) is 1. The number of benzene rings is 2. The maximum Gasteiger partial charge on any atom is 0.271 e. The SMILES string of the molecule is COc1ccc(CN(C#CI)S(=O)(=O)c2ccc(C)cc2)cc1. The monoisotopic (exact) mass is 441 g/mol. The predicted octanol–water partition coefficient (Wildman–Crippen LogP) is 3.55. The van der Waals surface area contributed by atoms with Gasteiger partial charge in [-0.2, -0.15) is 0 Å². The molecule has 4 nitrogen and oxygen atoms in total. The fraction of sp³-hybridized carbons (Fsp3) is 0.176. The third-order valence-electron chi connectivity index (χ3n) is 3.26. The summed E-state index contributed by atoms with van der Waals surface area (Å²) in [6, 6.07) is 16.6. The lowest BCUT2D eigenvalue weighted by Gasteiger charge is -2.18. The molecule has 0 amide bonds. The smallest absolute Gasteiger partial charge is 0.271 e. The van der Waals surface area contributed by atoms with Crippen LogP contribution in [0, 0.1) is 16.9 Å². The summed E-state index contributed by atoms with van der Waals surface area (Å²) in [5.41, 5.74) is 1.84. The van der Waals surface area contributed by atoms with E-state index in [1.54, 1.807) is 43.5 Å². The molecule has 0 aliphatic carbocycles. The van der Waals surface area contributed by atoms with Crippen LogP contribution in [0.25, 0.3) is 0 Å². The van der Waals surface area contributed by atoms with E-state index >= 15 is 0 Å². The highest BCUT2D eigenvalue weighted by Gasteiger charge is 2.22. The molecule has 0 saturated carbocycles. The van der Waals surface area contributed by atoms with Crippen LogP contribution in [0.4, 0.5) is 0 Å². The van der Waals surface area contributed by atoms with E-state index in [1.807, 2.05) is 41.6 Å². The van der Waals surface area contributed by atoms with Crippen molar-refractivity contribution >= 4 is 32.6 Å². The van der Waals surface area contributed by atoms with Crippen molar-refractivity contribution in [2.45, 2.75) is 18.4 Å². The van der Waals surface area contributed by atoms with Crippen molar-refractivity contribution in [3.63, 3.8) is 0 Å². The molecule has 6 heteroatoms. The number of nitrogens with zero attached hydrogens (tertiary/aromatic N) is 1. The molecule has 2 rings (SSSR count). The minimum absolute atomic E-state index is 0.177. The first kappa shape index (κ1) is 17.6. The molecule has 0 aliphatic rings. The number of rotatable bonds is 5. The van der Waals surface area contributed by atoms with Crippen LogP contribution in [0.2, 0.25) is 0 Å². The molecular weight excluding hydrogens is 425 g/mol. The molecule has 0 N–H and O–H groups in total. The van der Waals surface area contributed by atoms with Crippen molar-refractivity contribution < 1.29 is 13.2 Å². The zero-order chi connectivity index (χ0) is 16.9. The molecule has 0 spiro atoms. The molecule has 0 aliphatic heterocycles. The summed E-state index contributed by atoms with van der Waals surface area (Å²) in [6.45, 7) is 2.09. The average molecular weight is 441 g/mol. The summed E-state index contributed by atoms with van der Waals surface area (Å²) in [7, 11) is -2.08. The molecular formula is C17H16INO3S. The van der Waals surface area contributed by atoms with Gasteiger partial charge < -0.3 is 4.74 Å². The van der Waals surface area contributed by atoms with E-state index in [1.165, 1.54) is 0 Å². The lowest BCUT2D eigenvalue weighted by molar-refractivity contribution is 0.414. The summed E-state index contributed by atoms with van der Waals surface area (Å²) in [5, 5.41) is 0. The van der Waals surface area contributed by atoms with Gasteiger partial charge in [-0.25, -0.2) is 12.7 Å². The van der Waals surface area contributed by atoms with Crippen molar-refractivity contribution in [1.82, 2.24) is 4.31 Å². The Hall–Kier alpha value is -1.72. The Morgan fingerprint density at radius 3 is 2.22 bits per heavy atom. The van der Waals surface area contributed by atoms with Gasteiger partial charge in [-0.1, -0.05) is 29.8 Å². The Morgan fingerprint density at radius 2 is 1.70 bits per heavy atom. The molecule has 0 saturated heterocycles. The van der Waals surface area contributed by atoms with E-state index in [9.17, 15) is 8.42 Å². The second-order valence-corrected chi connectivity index (χ2v) is 7.28. The van der Waals surface area contributed by atoms with E-state index < -0.39 is 10.0 Å². The van der Waals surface area contributed by atoms with Crippen molar-refractivity contribution in [3.05, 3.63) is 59.7 Å². The Bertz CT molecular complexity index is 819. The Morgan fingerprint density at radius 1 is 1.09 bits per heavy atom. The summed E-state index contributed by atoms with van der Waals surface area (Å²) in [6.07, 6.45) is 0. The van der Waals surface area contributed by atoms with Gasteiger partial charge in [0.05, 0.1) is 18.6 Å². The third kappa shape index (κ3) is 4.39. The zero-order valence-electron chi connectivity index (χ0n) is 12.8. The molecule has 0 radical (unpaired) electrons. The normalized spacial score (nSPS) is 10.6. The molecule has 0 heterocycles. The number of aryl methyl sites for hydroxylation is 1. The molecule has 0 unspecified atom stereocenters. The summed E-state index contributed by atoms with van der Waals surface area (Å²) >= 11 is 1.83. The van der Waals surface area contributed by atoms with Crippen molar-refractivity contribution in [2.24, 2.45) is 0 Å². The van der Waals surface area contributed by atoms with E-state index in [0.29, 0.717) is 0 Å². The zero-order valence-corrected chi connectivity index (χ0v) is 15.8. The molecule has 0 atom stereocenters. The van der Waals surface area contributed by atoms with Gasteiger partial charge in [-0.05, 0) is 40.7 Å². The number of halogens is 1. The number of hydrogen-bond acceptors (Lipinski definition) is 3. The fourth-order valence-electron chi connectivity index (χ4n) is 1.97. The second kappa shape index (κ2) is 7.70. The van der Waals surface area contributed by atoms with Crippen LogP contribution in [0.1, 0.15) is 11.1 Å². The van der Waals surface area contributed by atoms with Gasteiger partial charge >= 0.3 is 0 Å². The number of sulfonamides is 1. The Balaban J connectivity index is 2.32. The second-order valence-electron chi connectivity index (χ2n) is 4.88. The first-order chi connectivity index (χ1) is 11.0. The van der Waals surface area contributed by atoms with Crippen molar-refractivity contribution in [1.29, 1.82) is 0 Å². The topological polar surface area (TPSA) is 46.6 Å². The molecule has 0 aromatic heterocycles. The average Bonchev–Trinajstić information content (AvgIpc) is 2.55. The number of methoxy groups -OCH3 is 1. The summed E-state index contributed by atoms with van der Waals surface area (Å²) in [4.78, 5) is 0.232. The standard InChI is InChI=1S/C17H16INO3S/c1-14-3-9-17(10-4-14)23(20,21)19(12-11-18)13-15-5-7-16(22-2)8-6-15/h3-10H,13H2,1-2H3. The molecule has 120 valence electrons. The fourth-order valence-corrected chi connectivity index (χ4v) is 3.64. The van der Waals surface area contributed by atoms with Crippen molar-refractivity contribution in [2.75, 3.05) is 7.11 Å². The third-order valence-corrected chi connectivity index (χ3v) is 5.17. The minimum atomic E-state index is -3.67. The van der Waals surface area contributed by atoms with Crippen LogP contribution in [0.3, 0.4) is 0 Å². The van der Waals surface area contributed by atoms with Crippen LogP contribution >= 0.6 is 22.6 Å². The van der Waals surface area contributed by atoms with E-state index in [4.69, 9.17) is 4.74 Å². The van der Waals surface area contributed by atoms with Crippen LogP contribution < -0.4 is 4.74 Å². The first-order valence-electron chi connectivity index (χ1n) is 6.81. The lowest BCUT2D eigenvalue weighted by atomic mass is 10.2. The summed E-state index contributed by atoms with van der Waals surface area (Å²) < 4.78 is 34.4. The van der Waals surface area contributed by atoms with Crippen molar-refractivity contribution in [3.8, 4) is 15.7 Å². The van der Waals surface area contributed by atoms with E-state index in [-0.39, 0.29) is 11.4 Å². The maximum atomic E-state index is 12.8. The van der Waals surface area contributed by atoms with E-state index in [2.05, 4.69) is 9.97 Å². The molecule has 0 bridgehead atoms. The minimum Gasteiger partial charge on any atom is -0.497 e. The Labute approximate surface area is 150 Å². The molecule has 23 heavy (non-hydrogen) atoms. The highest BCUT2D eigenvalue weighted by atomic mass is 127. The number of hydrogen-bond donors (Lipinski definition) is 0. The molecule has 2 aromatic carbocycles. The summed E-state index contributed by atoms with van der Waals surface area (Å²) in [5.74, 6) is 0.724. The first-order valence-corrected chi connectivity index (χ1v) is 9.33. The van der Waals surface area contributed by atoms with Gasteiger partial charge in [-0.15, -0.1) is 0 Å². The van der Waals surface area contributed by atoms with Gasteiger partial charge in [0.1, 0.15) is 5.75 Å². The molecule has 0 fully saturated rings. The van der Waals surface area contributed by atoms with Gasteiger partial charge in [-0.3, -0.25) is 0 Å².